The van der Waals surface area contributed by atoms with E-state index in [1.54, 1.807) is 36.0 Å². The average molecular weight is 337 g/mol. The van der Waals surface area contributed by atoms with Gasteiger partial charge in [0.2, 0.25) is 5.91 Å². The number of rotatable bonds is 6. The van der Waals surface area contributed by atoms with Crippen LogP contribution in [0.3, 0.4) is 0 Å². The van der Waals surface area contributed by atoms with Crippen molar-refractivity contribution in [3.8, 4) is 6.07 Å². The third kappa shape index (κ3) is 4.49. The number of nitriles is 1. The van der Waals surface area contributed by atoms with Crippen molar-refractivity contribution in [2.75, 3.05) is 11.5 Å². The summed E-state index contributed by atoms with van der Waals surface area (Å²) < 4.78 is 0. The smallest absolute Gasteiger partial charge is 0.221 e. The van der Waals surface area contributed by atoms with Crippen molar-refractivity contribution >= 4 is 35.1 Å². The number of carbonyl (C=O) groups is 2. The maximum absolute atomic E-state index is 12.0. The van der Waals surface area contributed by atoms with E-state index < -0.39 is 5.54 Å². The van der Waals surface area contributed by atoms with E-state index in [4.69, 9.17) is 11.6 Å². The van der Waals surface area contributed by atoms with E-state index >= 15 is 0 Å². The lowest BCUT2D eigenvalue weighted by atomic mass is 10.0. The molecule has 0 spiro atoms. The van der Waals surface area contributed by atoms with Crippen LogP contribution >= 0.6 is 23.4 Å². The van der Waals surface area contributed by atoms with Crippen molar-refractivity contribution in [1.29, 1.82) is 5.26 Å². The van der Waals surface area contributed by atoms with Gasteiger partial charge in [0.05, 0.1) is 6.07 Å². The highest BCUT2D eigenvalue weighted by Crippen LogP contribution is 2.27. The van der Waals surface area contributed by atoms with Crippen LogP contribution in [0, 0.1) is 11.3 Å². The Labute approximate surface area is 139 Å². The lowest BCUT2D eigenvalue weighted by molar-refractivity contribution is -0.122. The average Bonchev–Trinajstić information content (AvgIpc) is 2.97. The van der Waals surface area contributed by atoms with E-state index in [2.05, 4.69) is 11.4 Å². The fraction of sp³-hybridized carbons (Fsp3) is 0.438. The van der Waals surface area contributed by atoms with Gasteiger partial charge < -0.3 is 5.32 Å². The summed E-state index contributed by atoms with van der Waals surface area (Å²) in [5.41, 5.74) is -0.118. The first-order valence-electron chi connectivity index (χ1n) is 7.13. The minimum atomic E-state index is -0.720. The molecule has 0 radical (unpaired) electrons. The molecular formula is C16H17ClN2O2S. The van der Waals surface area contributed by atoms with Crippen LogP contribution in [-0.4, -0.2) is 28.7 Å². The number of ketones is 1. The summed E-state index contributed by atoms with van der Waals surface area (Å²) in [6.07, 6.45) is 1.72. The second-order valence-corrected chi connectivity index (χ2v) is 6.87. The van der Waals surface area contributed by atoms with Gasteiger partial charge in [0.15, 0.2) is 5.78 Å². The molecule has 0 aromatic heterocycles. The van der Waals surface area contributed by atoms with Crippen molar-refractivity contribution in [3.63, 3.8) is 0 Å². The van der Waals surface area contributed by atoms with Gasteiger partial charge in [-0.25, -0.2) is 0 Å². The SMILES string of the molecule is N#CC1(NC(=O)CCCC(=O)c2ccc(Cl)cc2)CCSC1. The number of hydrogen-bond donors (Lipinski definition) is 1. The molecule has 4 nitrogen and oxygen atoms in total. The third-order valence-corrected chi connectivity index (χ3v) is 5.03. The van der Waals surface area contributed by atoms with Gasteiger partial charge in [-0.3, -0.25) is 9.59 Å². The summed E-state index contributed by atoms with van der Waals surface area (Å²) in [7, 11) is 0. The fourth-order valence-corrected chi connectivity index (χ4v) is 3.69. The zero-order chi connectivity index (χ0) is 16.0. The molecule has 0 bridgehead atoms. The molecule has 1 fully saturated rings. The van der Waals surface area contributed by atoms with Crippen molar-refractivity contribution < 1.29 is 9.59 Å². The first kappa shape index (κ1) is 16.9. The normalized spacial score (nSPS) is 20.4. The van der Waals surface area contributed by atoms with Crippen molar-refractivity contribution in [1.82, 2.24) is 5.32 Å². The molecule has 0 saturated carbocycles. The van der Waals surface area contributed by atoms with E-state index in [9.17, 15) is 14.9 Å². The Hall–Kier alpha value is -1.51. The molecule has 1 aliphatic rings. The molecule has 6 heteroatoms. The predicted octanol–water partition coefficient (Wildman–Crippen LogP) is 3.21. The molecule has 22 heavy (non-hydrogen) atoms. The van der Waals surface area contributed by atoms with Gasteiger partial charge in [-0.05, 0) is 42.9 Å². The molecule has 1 heterocycles. The Morgan fingerprint density at radius 3 is 2.64 bits per heavy atom. The van der Waals surface area contributed by atoms with Crippen LogP contribution < -0.4 is 5.32 Å². The van der Waals surface area contributed by atoms with Crippen LogP contribution in [0.15, 0.2) is 24.3 Å². The zero-order valence-electron chi connectivity index (χ0n) is 12.1. The standard InChI is InChI=1S/C16H17ClN2O2S/c17-13-6-4-12(5-7-13)14(20)2-1-3-15(21)19-16(10-18)8-9-22-11-16/h4-7H,1-3,8-9,11H2,(H,19,21). The van der Waals surface area contributed by atoms with Gasteiger partial charge in [-0.2, -0.15) is 17.0 Å². The molecule has 1 aromatic rings. The first-order valence-corrected chi connectivity index (χ1v) is 8.67. The van der Waals surface area contributed by atoms with E-state index in [1.807, 2.05) is 0 Å². The lowest BCUT2D eigenvalue weighted by Crippen LogP contribution is -2.47. The van der Waals surface area contributed by atoms with Gasteiger partial charge in [-0.15, -0.1) is 0 Å². The first-order chi connectivity index (χ1) is 10.5. The summed E-state index contributed by atoms with van der Waals surface area (Å²) in [6, 6.07) is 8.93. The van der Waals surface area contributed by atoms with Gasteiger partial charge in [-0.1, -0.05) is 11.6 Å². The minimum Gasteiger partial charge on any atom is -0.337 e. The zero-order valence-corrected chi connectivity index (χ0v) is 13.7. The number of carbonyl (C=O) groups excluding carboxylic acids is 2. The predicted molar refractivity (Wildman–Crippen MR) is 88.1 cm³/mol. The van der Waals surface area contributed by atoms with E-state index in [0.29, 0.717) is 35.6 Å². The van der Waals surface area contributed by atoms with Gasteiger partial charge in [0, 0.05) is 29.2 Å². The number of Topliss-reactive ketones (excluding diaryl/α,β-unsaturated/α-hetero) is 1. The number of benzene rings is 1. The monoisotopic (exact) mass is 336 g/mol. The molecule has 2 rings (SSSR count). The number of halogens is 1. The molecule has 1 saturated heterocycles. The number of hydrogen-bond acceptors (Lipinski definition) is 4. The highest BCUT2D eigenvalue weighted by Gasteiger charge is 2.35. The number of nitrogens with zero attached hydrogens (tertiary/aromatic N) is 1. The highest BCUT2D eigenvalue weighted by atomic mass is 35.5. The highest BCUT2D eigenvalue weighted by molar-refractivity contribution is 7.99. The second-order valence-electron chi connectivity index (χ2n) is 5.33. The summed E-state index contributed by atoms with van der Waals surface area (Å²) in [4.78, 5) is 23.9. The third-order valence-electron chi connectivity index (χ3n) is 3.59. The molecule has 1 atom stereocenters. The van der Waals surface area contributed by atoms with Crippen molar-refractivity contribution in [3.05, 3.63) is 34.9 Å². The van der Waals surface area contributed by atoms with E-state index in [-0.39, 0.29) is 18.1 Å². The summed E-state index contributed by atoms with van der Waals surface area (Å²) >= 11 is 7.45. The summed E-state index contributed by atoms with van der Waals surface area (Å²) in [5.74, 6) is 1.37. The number of nitrogens with one attached hydrogen (secondary N) is 1. The van der Waals surface area contributed by atoms with Crippen LogP contribution in [0.25, 0.3) is 0 Å². The number of thioether (sulfide) groups is 1. The Bertz CT molecular complexity index is 589. The summed E-state index contributed by atoms with van der Waals surface area (Å²) in [5, 5.41) is 12.6. The molecule has 1 aromatic carbocycles. The minimum absolute atomic E-state index is 0.00381. The second kappa shape index (κ2) is 7.66. The van der Waals surface area contributed by atoms with Crippen LogP contribution in [0.5, 0.6) is 0 Å². The Morgan fingerprint density at radius 2 is 2.05 bits per heavy atom. The Morgan fingerprint density at radius 1 is 1.32 bits per heavy atom. The Balaban J connectivity index is 1.76. The van der Waals surface area contributed by atoms with Crippen LogP contribution in [0.4, 0.5) is 0 Å². The van der Waals surface area contributed by atoms with Crippen LogP contribution in [0.2, 0.25) is 5.02 Å². The van der Waals surface area contributed by atoms with Gasteiger partial charge in [0.1, 0.15) is 5.54 Å². The van der Waals surface area contributed by atoms with Gasteiger partial charge >= 0.3 is 0 Å². The Kier molecular flexibility index (Phi) is 5.87. The van der Waals surface area contributed by atoms with Crippen LogP contribution in [-0.2, 0) is 4.79 Å². The largest absolute Gasteiger partial charge is 0.337 e. The van der Waals surface area contributed by atoms with Crippen molar-refractivity contribution in [2.24, 2.45) is 0 Å². The molecule has 1 unspecified atom stereocenters. The van der Waals surface area contributed by atoms with Crippen molar-refractivity contribution in [2.45, 2.75) is 31.2 Å². The topological polar surface area (TPSA) is 70.0 Å². The van der Waals surface area contributed by atoms with Crippen LogP contribution in [0.1, 0.15) is 36.0 Å². The molecule has 116 valence electrons. The maximum atomic E-state index is 12.0. The lowest BCUT2D eigenvalue weighted by Gasteiger charge is -2.21. The quantitative estimate of drug-likeness (QED) is 0.810. The number of amides is 1. The molecule has 0 aliphatic carbocycles. The summed E-state index contributed by atoms with van der Waals surface area (Å²) in [6.45, 7) is 0. The van der Waals surface area contributed by atoms with E-state index in [0.717, 1.165) is 5.75 Å². The maximum Gasteiger partial charge on any atom is 0.221 e. The molecule has 1 aliphatic heterocycles. The fourth-order valence-electron chi connectivity index (χ4n) is 2.30. The van der Waals surface area contributed by atoms with Gasteiger partial charge in [0.25, 0.3) is 0 Å². The molecule has 1 amide bonds. The molecule has 1 N–H and O–H groups in total. The van der Waals surface area contributed by atoms with E-state index in [1.165, 1.54) is 0 Å². The molecular weight excluding hydrogens is 320 g/mol.